The highest BCUT2D eigenvalue weighted by atomic mass is 16.3. The number of ketones is 3. The quantitative estimate of drug-likeness (QED) is 0.377. The third-order valence-corrected chi connectivity index (χ3v) is 8.64. The molecule has 5 N–H and O–H groups in total. The van der Waals surface area contributed by atoms with E-state index in [4.69, 9.17) is 0 Å². The average molecular weight is 511 g/mol. The Hall–Kier alpha value is -3.17. The van der Waals surface area contributed by atoms with Crippen LogP contribution in [0.5, 0.6) is 5.75 Å². The third-order valence-electron chi connectivity index (χ3n) is 8.64. The molecule has 1 saturated carbocycles. The summed E-state index contributed by atoms with van der Waals surface area (Å²) in [6.45, 7) is 1.48. The molecule has 1 fully saturated rings. The number of hydrogen-bond donors (Lipinski definition) is 5. The molecule has 3 atom stereocenters. The van der Waals surface area contributed by atoms with Crippen LogP contribution in [-0.2, 0) is 22.6 Å². The van der Waals surface area contributed by atoms with Crippen molar-refractivity contribution >= 4 is 23.0 Å². The van der Waals surface area contributed by atoms with Crippen molar-refractivity contribution in [3.63, 3.8) is 0 Å². The van der Waals surface area contributed by atoms with Crippen molar-refractivity contribution < 1.29 is 34.8 Å². The number of carbonyl (C=O) groups excluding carboxylic acids is 3. The van der Waals surface area contributed by atoms with E-state index in [0.717, 1.165) is 38.3 Å². The summed E-state index contributed by atoms with van der Waals surface area (Å²) in [7, 11) is 3.72. The van der Waals surface area contributed by atoms with Crippen LogP contribution in [0.3, 0.4) is 0 Å². The minimum atomic E-state index is -2.48. The van der Waals surface area contributed by atoms with Crippen LogP contribution in [0, 0.1) is 11.8 Å². The highest BCUT2D eigenvalue weighted by Gasteiger charge is 2.59. The van der Waals surface area contributed by atoms with Gasteiger partial charge in [-0.3, -0.25) is 14.4 Å². The van der Waals surface area contributed by atoms with Crippen molar-refractivity contribution in [3.05, 3.63) is 45.4 Å². The molecular weight excluding hydrogens is 476 g/mol. The number of benzene rings is 1. The zero-order valence-corrected chi connectivity index (χ0v) is 21.4. The van der Waals surface area contributed by atoms with Gasteiger partial charge in [0.1, 0.15) is 22.8 Å². The summed E-state index contributed by atoms with van der Waals surface area (Å²) in [6, 6.07) is 2.24. The Balaban J connectivity index is 1.61. The number of phenols is 1. The minimum absolute atomic E-state index is 0.0720. The van der Waals surface area contributed by atoms with Crippen molar-refractivity contribution in [2.24, 2.45) is 11.8 Å². The molecule has 0 heterocycles. The fraction of sp³-hybridized carbons (Fsp3) is 0.536. The predicted molar refractivity (Wildman–Crippen MR) is 136 cm³/mol. The van der Waals surface area contributed by atoms with E-state index < -0.39 is 51.9 Å². The lowest BCUT2D eigenvalue weighted by molar-refractivity contribution is -0.144. The van der Waals surface area contributed by atoms with Crippen molar-refractivity contribution in [1.29, 1.82) is 0 Å². The van der Waals surface area contributed by atoms with E-state index in [1.165, 1.54) is 0 Å². The Labute approximate surface area is 215 Å². The van der Waals surface area contributed by atoms with E-state index in [1.807, 2.05) is 25.1 Å². The zero-order chi connectivity index (χ0) is 26.8. The van der Waals surface area contributed by atoms with Gasteiger partial charge in [0.2, 0.25) is 5.78 Å². The van der Waals surface area contributed by atoms with Gasteiger partial charge in [0.05, 0.1) is 5.56 Å². The highest BCUT2D eigenvalue weighted by molar-refractivity contribution is 6.25. The van der Waals surface area contributed by atoms with Gasteiger partial charge in [0.25, 0.3) is 0 Å². The number of anilines is 1. The summed E-state index contributed by atoms with van der Waals surface area (Å²) in [5, 5.41) is 47.8. The Bertz CT molecular complexity index is 1270. The number of Topliss-reactive ketones (excluding diaryl/α,β-unsaturated/α-hetero) is 3. The van der Waals surface area contributed by atoms with E-state index in [-0.39, 0.29) is 29.7 Å². The maximum absolute atomic E-state index is 13.9. The number of rotatable bonds is 5. The summed E-state index contributed by atoms with van der Waals surface area (Å²) in [4.78, 5) is 41.0. The number of phenolic OH excluding ortho intramolecular Hbond substituents is 1. The Morgan fingerprint density at radius 2 is 1.81 bits per heavy atom. The number of carbonyl (C=O) groups is 3. The van der Waals surface area contributed by atoms with E-state index in [1.54, 1.807) is 0 Å². The average Bonchev–Trinajstić information content (AvgIpc) is 3.34. The van der Waals surface area contributed by atoms with Crippen molar-refractivity contribution in [2.75, 3.05) is 19.0 Å². The number of aliphatic hydroxyl groups excluding tert-OH is 2. The molecule has 37 heavy (non-hydrogen) atoms. The number of allylic oxidation sites excluding steroid dienone is 2. The van der Waals surface area contributed by atoms with Crippen LogP contribution in [0.4, 0.5) is 5.69 Å². The molecule has 1 aromatic carbocycles. The second-order valence-corrected chi connectivity index (χ2v) is 11.1. The maximum atomic E-state index is 13.9. The Kier molecular flexibility index (Phi) is 6.19. The van der Waals surface area contributed by atoms with Crippen molar-refractivity contribution in [2.45, 2.75) is 70.1 Å². The number of fused-ring (bicyclic) bond motifs is 3. The molecule has 4 aliphatic carbocycles. The van der Waals surface area contributed by atoms with Crippen LogP contribution in [-0.4, -0.2) is 63.5 Å². The normalized spacial score (nSPS) is 27.8. The second kappa shape index (κ2) is 8.99. The molecule has 0 amide bonds. The highest BCUT2D eigenvalue weighted by Crippen LogP contribution is 2.52. The van der Waals surface area contributed by atoms with Gasteiger partial charge in [-0.15, -0.1) is 0 Å². The molecule has 9 heteroatoms. The number of nitrogens with one attached hydrogen (secondary N) is 1. The minimum Gasteiger partial charge on any atom is -0.511 e. The lowest BCUT2D eigenvalue weighted by atomic mass is 9.60. The van der Waals surface area contributed by atoms with Crippen molar-refractivity contribution in [1.82, 2.24) is 5.32 Å². The molecule has 9 nitrogen and oxygen atoms in total. The smallest absolute Gasteiger partial charge is 0.209 e. The molecule has 0 aromatic heterocycles. The maximum Gasteiger partial charge on any atom is 0.209 e. The summed E-state index contributed by atoms with van der Waals surface area (Å²) < 4.78 is 0. The molecule has 0 unspecified atom stereocenters. The third kappa shape index (κ3) is 3.78. The first kappa shape index (κ1) is 25.5. The zero-order valence-electron chi connectivity index (χ0n) is 21.4. The van der Waals surface area contributed by atoms with Gasteiger partial charge in [-0.05, 0) is 50.2 Å². The number of hydrogen-bond acceptors (Lipinski definition) is 9. The van der Waals surface area contributed by atoms with E-state index in [2.05, 4.69) is 5.32 Å². The summed E-state index contributed by atoms with van der Waals surface area (Å²) in [5.74, 6) is -5.21. The van der Waals surface area contributed by atoms with Crippen LogP contribution in [0.2, 0.25) is 0 Å². The molecule has 0 radical (unpaired) electrons. The fourth-order valence-electron chi connectivity index (χ4n) is 6.75. The molecule has 0 bridgehead atoms. The van der Waals surface area contributed by atoms with E-state index in [9.17, 15) is 34.8 Å². The van der Waals surface area contributed by atoms with Gasteiger partial charge in [-0.1, -0.05) is 12.8 Å². The van der Waals surface area contributed by atoms with Crippen LogP contribution >= 0.6 is 0 Å². The first-order valence-electron chi connectivity index (χ1n) is 12.9. The molecule has 1 aromatic rings. The van der Waals surface area contributed by atoms with Crippen LogP contribution in [0.15, 0.2) is 28.7 Å². The monoisotopic (exact) mass is 510 g/mol. The molecule has 4 aliphatic rings. The summed E-state index contributed by atoms with van der Waals surface area (Å²) in [5.41, 5.74) is -1.07. The molecule has 0 saturated heterocycles. The summed E-state index contributed by atoms with van der Waals surface area (Å²) in [6.07, 6.45) is 4.74. The lowest BCUT2D eigenvalue weighted by Crippen LogP contribution is -2.56. The number of aromatic hydroxyl groups is 1. The Morgan fingerprint density at radius 3 is 2.43 bits per heavy atom. The van der Waals surface area contributed by atoms with Gasteiger partial charge >= 0.3 is 0 Å². The molecule has 198 valence electrons. The standard InChI is InChI=1S/C28H34N2O7/c1-13(31)21-20(32)11-16-8-14-9-18-19(30(2)3)10-15(12-29-17-6-4-5-7-17)24(33)23(18)25(34)22(14)27(36)28(16,37)26(21)35/h10,14,16-17,29,32-33,36-37H,4-9,11-12H2,1-3H3/t14-,16+,28-/m1/s1. The SMILES string of the molecule is CC(=O)C1=C(O)C[C@@H]2C[C@@H]3Cc4c(N(C)C)cc(CNC5CCCC5)c(O)c4C(=O)C3=C(O)[C@]2(O)C1=O. The molecule has 0 spiro atoms. The van der Waals surface area contributed by atoms with E-state index in [0.29, 0.717) is 30.1 Å². The lowest BCUT2D eigenvalue weighted by Gasteiger charge is -2.46. The van der Waals surface area contributed by atoms with Gasteiger partial charge < -0.3 is 30.6 Å². The van der Waals surface area contributed by atoms with Crippen LogP contribution < -0.4 is 10.2 Å². The number of aliphatic hydroxyl groups is 3. The predicted octanol–water partition coefficient (Wildman–Crippen LogP) is 2.78. The van der Waals surface area contributed by atoms with Gasteiger partial charge in [0, 0.05) is 55.8 Å². The molecule has 5 rings (SSSR count). The fourth-order valence-corrected chi connectivity index (χ4v) is 6.75. The Morgan fingerprint density at radius 1 is 1.14 bits per heavy atom. The first-order valence-corrected chi connectivity index (χ1v) is 12.9. The molecular formula is C28H34N2O7. The summed E-state index contributed by atoms with van der Waals surface area (Å²) >= 11 is 0. The number of nitrogens with zero attached hydrogens (tertiary/aromatic N) is 1. The largest absolute Gasteiger partial charge is 0.511 e. The topological polar surface area (TPSA) is 147 Å². The van der Waals surface area contributed by atoms with Gasteiger partial charge in [-0.25, -0.2) is 0 Å². The first-order chi connectivity index (χ1) is 17.5. The molecule has 0 aliphatic heterocycles. The second-order valence-electron chi connectivity index (χ2n) is 11.1. The van der Waals surface area contributed by atoms with Crippen molar-refractivity contribution in [3.8, 4) is 5.75 Å². The van der Waals surface area contributed by atoms with Crippen LogP contribution in [0.25, 0.3) is 0 Å². The van der Waals surface area contributed by atoms with Crippen LogP contribution in [0.1, 0.15) is 66.9 Å². The van der Waals surface area contributed by atoms with Gasteiger partial charge in [0.15, 0.2) is 17.2 Å². The van der Waals surface area contributed by atoms with E-state index >= 15 is 0 Å². The van der Waals surface area contributed by atoms with Gasteiger partial charge in [-0.2, -0.15) is 0 Å².